The topological polar surface area (TPSA) is 44.4 Å². The number of para-hydroxylation sites is 1. The molecular formula is C15H25N3O. The van der Waals surface area contributed by atoms with E-state index in [4.69, 9.17) is 0 Å². The molecule has 0 unspecified atom stereocenters. The van der Waals surface area contributed by atoms with Crippen LogP contribution in [0.15, 0.2) is 24.3 Å². The van der Waals surface area contributed by atoms with Gasteiger partial charge in [0.05, 0.1) is 0 Å². The van der Waals surface area contributed by atoms with Crippen molar-refractivity contribution in [1.82, 2.24) is 10.2 Å². The van der Waals surface area contributed by atoms with Gasteiger partial charge in [-0.15, -0.1) is 0 Å². The van der Waals surface area contributed by atoms with Gasteiger partial charge in [-0.3, -0.25) is 4.79 Å². The highest BCUT2D eigenvalue weighted by molar-refractivity contribution is 5.89. The molecule has 1 rings (SSSR count). The number of carbonyl (C=O) groups is 1. The summed E-state index contributed by atoms with van der Waals surface area (Å²) in [5.74, 6) is -0.0352. The van der Waals surface area contributed by atoms with Crippen molar-refractivity contribution in [2.45, 2.75) is 33.4 Å². The average molecular weight is 263 g/mol. The summed E-state index contributed by atoms with van der Waals surface area (Å²) in [5.41, 5.74) is 2.00. The minimum atomic E-state index is -0.0352. The van der Waals surface area contributed by atoms with Crippen LogP contribution < -0.4 is 10.6 Å². The summed E-state index contributed by atoms with van der Waals surface area (Å²) in [6, 6.07) is 8.45. The third kappa shape index (κ3) is 5.85. The number of nitrogens with one attached hydrogen (secondary N) is 2. The first-order valence-corrected chi connectivity index (χ1v) is 6.77. The highest BCUT2D eigenvalue weighted by atomic mass is 16.1. The first-order chi connectivity index (χ1) is 9.00. The molecule has 106 valence electrons. The summed E-state index contributed by atoms with van der Waals surface area (Å²) < 4.78 is 0. The molecule has 0 saturated carbocycles. The second-order valence-corrected chi connectivity index (χ2v) is 5.09. The molecule has 4 nitrogen and oxygen atoms in total. The Morgan fingerprint density at radius 1 is 1.32 bits per heavy atom. The smallest absolute Gasteiger partial charge is 0.221 e. The summed E-state index contributed by atoms with van der Waals surface area (Å²) in [6.07, 6.45) is 0. The Balaban J connectivity index is 2.42. The lowest BCUT2D eigenvalue weighted by Gasteiger charge is -2.21. The van der Waals surface area contributed by atoms with E-state index in [0.29, 0.717) is 6.04 Å². The van der Waals surface area contributed by atoms with Gasteiger partial charge < -0.3 is 15.5 Å². The van der Waals surface area contributed by atoms with Crippen molar-refractivity contribution in [2.75, 3.05) is 25.5 Å². The fourth-order valence-corrected chi connectivity index (χ4v) is 1.72. The van der Waals surface area contributed by atoms with Gasteiger partial charge in [0.25, 0.3) is 0 Å². The van der Waals surface area contributed by atoms with Crippen molar-refractivity contribution >= 4 is 11.6 Å². The summed E-state index contributed by atoms with van der Waals surface area (Å²) in [6.45, 7) is 8.62. The van der Waals surface area contributed by atoms with E-state index >= 15 is 0 Å². The zero-order valence-electron chi connectivity index (χ0n) is 12.4. The van der Waals surface area contributed by atoms with E-state index in [9.17, 15) is 4.79 Å². The zero-order valence-corrected chi connectivity index (χ0v) is 12.4. The van der Waals surface area contributed by atoms with Gasteiger partial charge in [-0.25, -0.2) is 0 Å². The number of hydrogen-bond donors (Lipinski definition) is 2. The third-order valence-corrected chi connectivity index (χ3v) is 3.17. The Bertz CT molecular complexity index is 404. The van der Waals surface area contributed by atoms with Crippen LogP contribution >= 0.6 is 0 Å². The van der Waals surface area contributed by atoms with Crippen LogP contribution in [0.4, 0.5) is 5.69 Å². The van der Waals surface area contributed by atoms with Crippen LogP contribution in [0.1, 0.15) is 26.3 Å². The number of likely N-dealkylation sites (N-methyl/N-ethyl adjacent to an activating group) is 1. The molecular weight excluding hydrogens is 238 g/mol. The number of rotatable bonds is 7. The molecule has 0 fully saturated rings. The van der Waals surface area contributed by atoms with E-state index in [1.807, 2.05) is 24.3 Å². The Morgan fingerprint density at radius 2 is 2.00 bits per heavy atom. The number of anilines is 1. The standard InChI is InChI=1S/C15H25N3O/c1-12(2)18(4)10-9-16-11-14-7-5-6-8-15(14)17-13(3)19/h5-8,12,16H,9-11H2,1-4H3,(H,17,19). The SMILES string of the molecule is CC(=O)Nc1ccccc1CNCCN(C)C(C)C. The molecule has 1 amide bonds. The van der Waals surface area contributed by atoms with Crippen molar-refractivity contribution in [3.8, 4) is 0 Å². The lowest BCUT2D eigenvalue weighted by molar-refractivity contribution is -0.114. The van der Waals surface area contributed by atoms with Crippen LogP contribution in [0.5, 0.6) is 0 Å². The van der Waals surface area contributed by atoms with Gasteiger partial charge in [0.15, 0.2) is 0 Å². The van der Waals surface area contributed by atoms with Crippen LogP contribution in [-0.2, 0) is 11.3 Å². The fourth-order valence-electron chi connectivity index (χ4n) is 1.72. The Kier molecular flexibility index (Phi) is 6.53. The molecule has 1 aromatic carbocycles. The Labute approximate surface area is 116 Å². The van der Waals surface area contributed by atoms with Crippen molar-refractivity contribution in [2.24, 2.45) is 0 Å². The third-order valence-electron chi connectivity index (χ3n) is 3.17. The molecule has 0 atom stereocenters. The summed E-state index contributed by atoms with van der Waals surface area (Å²) in [5, 5.41) is 6.26. The van der Waals surface area contributed by atoms with E-state index in [2.05, 4.69) is 36.4 Å². The number of hydrogen-bond acceptors (Lipinski definition) is 3. The van der Waals surface area contributed by atoms with E-state index in [1.165, 1.54) is 6.92 Å². The van der Waals surface area contributed by atoms with Crippen molar-refractivity contribution in [3.63, 3.8) is 0 Å². The van der Waals surface area contributed by atoms with Crippen LogP contribution in [0.3, 0.4) is 0 Å². The maximum absolute atomic E-state index is 11.1. The second kappa shape index (κ2) is 7.92. The predicted molar refractivity (Wildman–Crippen MR) is 80.2 cm³/mol. The summed E-state index contributed by atoms with van der Waals surface area (Å²) >= 11 is 0. The van der Waals surface area contributed by atoms with Crippen molar-refractivity contribution in [3.05, 3.63) is 29.8 Å². The van der Waals surface area contributed by atoms with Crippen LogP contribution in [-0.4, -0.2) is 37.0 Å². The highest BCUT2D eigenvalue weighted by Crippen LogP contribution is 2.14. The van der Waals surface area contributed by atoms with Crippen LogP contribution in [0, 0.1) is 0 Å². The first kappa shape index (κ1) is 15.7. The van der Waals surface area contributed by atoms with Crippen molar-refractivity contribution < 1.29 is 4.79 Å². The Hall–Kier alpha value is -1.39. The van der Waals surface area contributed by atoms with Gasteiger partial charge in [0, 0.05) is 38.3 Å². The van der Waals surface area contributed by atoms with Gasteiger partial charge in [-0.05, 0) is 32.5 Å². The molecule has 0 aliphatic heterocycles. The van der Waals surface area contributed by atoms with E-state index < -0.39 is 0 Å². The zero-order chi connectivity index (χ0) is 14.3. The molecule has 19 heavy (non-hydrogen) atoms. The lowest BCUT2D eigenvalue weighted by atomic mass is 10.1. The Morgan fingerprint density at radius 3 is 2.63 bits per heavy atom. The lowest BCUT2D eigenvalue weighted by Crippen LogP contribution is -2.33. The summed E-state index contributed by atoms with van der Waals surface area (Å²) in [4.78, 5) is 13.4. The van der Waals surface area contributed by atoms with E-state index in [0.717, 1.165) is 30.9 Å². The van der Waals surface area contributed by atoms with Crippen LogP contribution in [0.25, 0.3) is 0 Å². The first-order valence-electron chi connectivity index (χ1n) is 6.77. The quantitative estimate of drug-likeness (QED) is 0.740. The molecule has 2 N–H and O–H groups in total. The highest BCUT2D eigenvalue weighted by Gasteiger charge is 2.04. The molecule has 0 radical (unpaired) electrons. The van der Waals surface area contributed by atoms with Gasteiger partial charge in [-0.2, -0.15) is 0 Å². The number of benzene rings is 1. The van der Waals surface area contributed by atoms with Gasteiger partial charge >= 0.3 is 0 Å². The fraction of sp³-hybridized carbons (Fsp3) is 0.533. The van der Waals surface area contributed by atoms with Crippen molar-refractivity contribution in [1.29, 1.82) is 0 Å². The number of amides is 1. The average Bonchev–Trinajstić information content (AvgIpc) is 2.35. The molecule has 0 aliphatic carbocycles. The molecule has 0 bridgehead atoms. The van der Waals surface area contributed by atoms with Crippen LogP contribution in [0.2, 0.25) is 0 Å². The molecule has 0 spiro atoms. The molecule has 4 heteroatoms. The molecule has 0 aromatic heterocycles. The van der Waals surface area contributed by atoms with E-state index in [-0.39, 0.29) is 5.91 Å². The number of carbonyl (C=O) groups excluding carboxylic acids is 1. The van der Waals surface area contributed by atoms with E-state index in [1.54, 1.807) is 0 Å². The number of nitrogens with zero attached hydrogens (tertiary/aromatic N) is 1. The normalized spacial score (nSPS) is 11.1. The molecule has 0 aliphatic rings. The minimum absolute atomic E-state index is 0.0352. The molecule has 0 saturated heterocycles. The van der Waals surface area contributed by atoms with Gasteiger partial charge in [0.1, 0.15) is 0 Å². The monoisotopic (exact) mass is 263 g/mol. The van der Waals surface area contributed by atoms with Gasteiger partial charge in [0.2, 0.25) is 5.91 Å². The maximum Gasteiger partial charge on any atom is 0.221 e. The predicted octanol–water partition coefficient (Wildman–Crippen LogP) is 2.07. The molecule has 0 heterocycles. The molecule has 1 aromatic rings. The van der Waals surface area contributed by atoms with Gasteiger partial charge in [-0.1, -0.05) is 18.2 Å². The largest absolute Gasteiger partial charge is 0.326 e. The second-order valence-electron chi connectivity index (χ2n) is 5.09. The summed E-state index contributed by atoms with van der Waals surface area (Å²) in [7, 11) is 2.12. The maximum atomic E-state index is 11.1. The minimum Gasteiger partial charge on any atom is -0.326 e.